The minimum absolute atomic E-state index is 0.253. The zero-order chi connectivity index (χ0) is 42.1. The maximum atomic E-state index is 2.42. The van der Waals surface area contributed by atoms with E-state index in [4.69, 9.17) is 0 Å². The van der Waals surface area contributed by atoms with E-state index in [1.807, 2.05) is 0 Å². The highest BCUT2D eigenvalue weighted by Gasteiger charge is 2.53. The predicted octanol–water partition coefficient (Wildman–Crippen LogP) is 16.3. The van der Waals surface area contributed by atoms with Gasteiger partial charge in [0.1, 0.15) is 0 Å². The summed E-state index contributed by atoms with van der Waals surface area (Å²) < 4.78 is 0. The molecule has 10 aromatic rings. The van der Waals surface area contributed by atoms with Crippen molar-refractivity contribution in [3.05, 3.63) is 270 Å². The fourth-order valence-electron chi connectivity index (χ4n) is 11.2. The maximum Gasteiger partial charge on any atom is 0.0719 e. The summed E-state index contributed by atoms with van der Waals surface area (Å²) in [6, 6.07) is 87.5. The van der Waals surface area contributed by atoms with Crippen LogP contribution in [0.1, 0.15) is 47.2 Å². The second kappa shape index (κ2) is 14.4. The maximum absolute atomic E-state index is 2.42. The van der Waals surface area contributed by atoms with Crippen molar-refractivity contribution in [2.75, 3.05) is 4.90 Å². The van der Waals surface area contributed by atoms with Crippen LogP contribution in [0.15, 0.2) is 237 Å². The van der Waals surface area contributed by atoms with Crippen LogP contribution in [0.2, 0.25) is 0 Å². The second-order valence-corrected chi connectivity index (χ2v) is 17.6. The van der Waals surface area contributed by atoms with Gasteiger partial charge >= 0.3 is 0 Å². The highest BCUT2D eigenvalue weighted by Crippen LogP contribution is 2.63. The largest absolute Gasteiger partial charge is 0.311 e. The van der Waals surface area contributed by atoms with Gasteiger partial charge in [-0.05, 0) is 125 Å². The molecule has 10 aromatic carbocycles. The Morgan fingerprint density at radius 3 is 1.33 bits per heavy atom. The number of anilines is 3. The summed E-state index contributed by atoms with van der Waals surface area (Å²) in [5.74, 6) is 0. The Morgan fingerprint density at radius 1 is 0.286 bits per heavy atom. The van der Waals surface area contributed by atoms with Gasteiger partial charge < -0.3 is 4.90 Å². The van der Waals surface area contributed by atoms with Crippen LogP contribution in [0.25, 0.3) is 55.3 Å². The Morgan fingerprint density at radius 2 is 0.698 bits per heavy atom. The normalized spacial score (nSPS) is 13.8. The molecule has 0 bridgehead atoms. The summed E-state index contributed by atoms with van der Waals surface area (Å²) in [7, 11) is 0. The molecule has 0 fully saturated rings. The number of benzene rings is 10. The first-order valence-corrected chi connectivity index (χ1v) is 22.1. The highest BCUT2D eigenvalue weighted by molar-refractivity contribution is 5.97. The van der Waals surface area contributed by atoms with E-state index >= 15 is 0 Å². The molecule has 0 atom stereocenters. The van der Waals surface area contributed by atoms with Crippen molar-refractivity contribution in [3.8, 4) is 44.5 Å². The van der Waals surface area contributed by atoms with Gasteiger partial charge in [-0.25, -0.2) is 0 Å². The summed E-state index contributed by atoms with van der Waals surface area (Å²) in [5, 5.41) is 2.51. The molecule has 0 saturated heterocycles. The van der Waals surface area contributed by atoms with Gasteiger partial charge in [-0.2, -0.15) is 0 Å². The molecule has 298 valence electrons. The van der Waals surface area contributed by atoms with E-state index in [0.717, 1.165) is 17.1 Å². The lowest BCUT2D eigenvalue weighted by molar-refractivity contribution is 0.565. The van der Waals surface area contributed by atoms with Crippen LogP contribution in [-0.4, -0.2) is 0 Å². The van der Waals surface area contributed by atoms with Crippen LogP contribution in [0.5, 0.6) is 0 Å². The van der Waals surface area contributed by atoms with E-state index < -0.39 is 5.41 Å². The van der Waals surface area contributed by atoms with Gasteiger partial charge in [0.05, 0.1) is 5.41 Å². The van der Waals surface area contributed by atoms with E-state index in [0.29, 0.717) is 0 Å². The molecule has 0 unspecified atom stereocenters. The first-order chi connectivity index (χ1) is 31.0. The van der Waals surface area contributed by atoms with Crippen molar-refractivity contribution in [2.24, 2.45) is 0 Å². The molecule has 2 aliphatic carbocycles. The molecule has 1 spiro atoms. The van der Waals surface area contributed by atoms with Crippen molar-refractivity contribution >= 4 is 27.8 Å². The van der Waals surface area contributed by atoms with E-state index in [-0.39, 0.29) is 5.41 Å². The molecule has 0 aliphatic heterocycles. The molecule has 0 heterocycles. The summed E-state index contributed by atoms with van der Waals surface area (Å²) in [6.45, 7) is 4.84. The molecule has 2 aliphatic rings. The monoisotopic (exact) mass is 803 g/mol. The predicted molar refractivity (Wildman–Crippen MR) is 264 cm³/mol. The van der Waals surface area contributed by atoms with Gasteiger partial charge in [0.15, 0.2) is 0 Å². The van der Waals surface area contributed by atoms with E-state index in [1.165, 1.54) is 88.7 Å². The fraction of sp³-hybridized carbons (Fsp3) is 0.0645. The zero-order valence-electron chi connectivity index (χ0n) is 35.5. The van der Waals surface area contributed by atoms with Gasteiger partial charge in [-0.3, -0.25) is 0 Å². The van der Waals surface area contributed by atoms with Gasteiger partial charge in [0.25, 0.3) is 0 Å². The standard InChI is InChI=1S/C62H45N/c1-61(2)57-27-12-13-28-58(57)62(55-25-10-8-21-53(55)54-22-9-11-26-56(54)62)59-29-15-24-52(60(59)61)46-34-40-49(41-35-46)63(47-36-30-43(31-37-47)42-16-4-3-5-17-42)48-38-32-45(33-39-48)51-23-14-19-44-18-6-7-20-50(44)51/h3-41H,1-2H3. The lowest BCUT2D eigenvalue weighted by atomic mass is 9.54. The number of hydrogen-bond donors (Lipinski definition) is 0. The minimum Gasteiger partial charge on any atom is -0.311 e. The van der Waals surface area contributed by atoms with Gasteiger partial charge in [0, 0.05) is 22.5 Å². The van der Waals surface area contributed by atoms with Crippen LogP contribution in [0.4, 0.5) is 17.1 Å². The Balaban J connectivity index is 0.997. The molecule has 63 heavy (non-hydrogen) atoms. The van der Waals surface area contributed by atoms with E-state index in [1.54, 1.807) is 0 Å². The zero-order valence-corrected chi connectivity index (χ0v) is 35.5. The van der Waals surface area contributed by atoms with Crippen molar-refractivity contribution in [2.45, 2.75) is 24.7 Å². The highest BCUT2D eigenvalue weighted by atomic mass is 15.1. The SMILES string of the molecule is CC1(C)c2ccccc2C2(c3ccccc3-c3ccccc32)c2cccc(-c3ccc(N(c4ccc(-c5ccccc5)cc4)c4ccc(-c5cccc6ccccc56)cc4)cc3)c21. The summed E-state index contributed by atoms with van der Waals surface area (Å²) in [5.41, 5.74) is 20.9. The van der Waals surface area contributed by atoms with Crippen LogP contribution in [0.3, 0.4) is 0 Å². The average molecular weight is 804 g/mol. The van der Waals surface area contributed by atoms with Crippen molar-refractivity contribution < 1.29 is 0 Å². The van der Waals surface area contributed by atoms with E-state index in [9.17, 15) is 0 Å². The van der Waals surface area contributed by atoms with E-state index in [2.05, 4.69) is 255 Å². The molecule has 0 N–H and O–H groups in total. The number of fused-ring (bicyclic) bond motifs is 10. The van der Waals surface area contributed by atoms with Crippen molar-refractivity contribution in [1.29, 1.82) is 0 Å². The molecular formula is C62H45N. The first kappa shape index (κ1) is 37.1. The van der Waals surface area contributed by atoms with Crippen LogP contribution in [0, 0.1) is 0 Å². The fourth-order valence-corrected chi connectivity index (χ4v) is 11.2. The molecular weight excluding hydrogens is 759 g/mol. The third kappa shape index (κ3) is 5.63. The van der Waals surface area contributed by atoms with Gasteiger partial charge in [-0.15, -0.1) is 0 Å². The summed E-state index contributed by atoms with van der Waals surface area (Å²) >= 11 is 0. The molecule has 0 saturated carbocycles. The van der Waals surface area contributed by atoms with Crippen LogP contribution in [-0.2, 0) is 10.8 Å². The number of hydrogen-bond acceptors (Lipinski definition) is 1. The first-order valence-electron chi connectivity index (χ1n) is 22.1. The third-order valence-corrected chi connectivity index (χ3v) is 13.9. The van der Waals surface area contributed by atoms with Crippen LogP contribution >= 0.6 is 0 Å². The Hall–Kier alpha value is -7.74. The molecule has 0 amide bonds. The Bertz CT molecular complexity index is 3290. The quantitative estimate of drug-likeness (QED) is 0.162. The molecule has 0 aromatic heterocycles. The smallest absolute Gasteiger partial charge is 0.0719 e. The summed E-state index contributed by atoms with van der Waals surface area (Å²) in [4.78, 5) is 2.38. The molecule has 1 nitrogen and oxygen atoms in total. The van der Waals surface area contributed by atoms with Gasteiger partial charge in [0.2, 0.25) is 0 Å². The lowest BCUT2D eigenvalue weighted by Gasteiger charge is -2.47. The summed E-state index contributed by atoms with van der Waals surface area (Å²) in [6.07, 6.45) is 0. The minimum atomic E-state index is -0.425. The lowest BCUT2D eigenvalue weighted by Crippen LogP contribution is -2.41. The Labute approximate surface area is 370 Å². The van der Waals surface area contributed by atoms with Crippen LogP contribution < -0.4 is 4.90 Å². The van der Waals surface area contributed by atoms with Crippen molar-refractivity contribution in [1.82, 2.24) is 0 Å². The number of nitrogens with zero attached hydrogens (tertiary/aromatic N) is 1. The molecule has 12 rings (SSSR count). The second-order valence-electron chi connectivity index (χ2n) is 17.6. The van der Waals surface area contributed by atoms with Gasteiger partial charge in [-0.1, -0.05) is 214 Å². The molecule has 1 heteroatoms. The van der Waals surface area contributed by atoms with Crippen molar-refractivity contribution in [3.63, 3.8) is 0 Å². The Kier molecular flexibility index (Phi) is 8.49. The number of rotatable bonds is 6. The molecule has 0 radical (unpaired) electrons. The topological polar surface area (TPSA) is 3.24 Å². The third-order valence-electron chi connectivity index (χ3n) is 13.9. The average Bonchev–Trinajstić information content (AvgIpc) is 3.65.